The van der Waals surface area contributed by atoms with Gasteiger partial charge in [0.1, 0.15) is 0 Å². The van der Waals surface area contributed by atoms with Crippen molar-refractivity contribution in [3.63, 3.8) is 0 Å². The van der Waals surface area contributed by atoms with Crippen LogP contribution in [-0.2, 0) is 9.53 Å². The molecule has 2 fully saturated rings. The standard InChI is InChI=1S/C11H20N2O2/c1-10(5-6-15-7-10)13-9(14)11(2,12)8-3-4-8/h8H,3-7,12H2,1-2H3,(H,13,14). The maximum absolute atomic E-state index is 12.0. The molecule has 15 heavy (non-hydrogen) atoms. The van der Waals surface area contributed by atoms with Crippen molar-refractivity contribution in [2.75, 3.05) is 13.2 Å². The third kappa shape index (κ3) is 2.16. The highest BCUT2D eigenvalue weighted by molar-refractivity contribution is 5.87. The van der Waals surface area contributed by atoms with Crippen molar-refractivity contribution in [1.82, 2.24) is 5.32 Å². The molecule has 3 N–H and O–H groups in total. The van der Waals surface area contributed by atoms with Crippen LogP contribution in [0.1, 0.15) is 33.1 Å². The van der Waals surface area contributed by atoms with Crippen molar-refractivity contribution in [3.05, 3.63) is 0 Å². The van der Waals surface area contributed by atoms with E-state index in [-0.39, 0.29) is 11.4 Å². The fraction of sp³-hybridized carbons (Fsp3) is 0.909. The summed E-state index contributed by atoms with van der Waals surface area (Å²) in [5.41, 5.74) is 5.13. The molecule has 0 aromatic heterocycles. The highest BCUT2D eigenvalue weighted by Crippen LogP contribution is 2.38. The largest absolute Gasteiger partial charge is 0.379 e. The molecule has 0 radical (unpaired) electrons. The van der Waals surface area contributed by atoms with E-state index in [1.165, 1.54) is 0 Å². The first kappa shape index (κ1) is 10.9. The Labute approximate surface area is 90.5 Å². The van der Waals surface area contributed by atoms with Crippen LogP contribution in [0.15, 0.2) is 0 Å². The van der Waals surface area contributed by atoms with Crippen LogP contribution < -0.4 is 11.1 Å². The Morgan fingerprint density at radius 1 is 1.60 bits per heavy atom. The summed E-state index contributed by atoms with van der Waals surface area (Å²) in [6, 6.07) is 0. The predicted molar refractivity (Wildman–Crippen MR) is 57.3 cm³/mol. The summed E-state index contributed by atoms with van der Waals surface area (Å²) < 4.78 is 5.29. The number of nitrogens with two attached hydrogens (primary N) is 1. The number of carbonyl (C=O) groups is 1. The molecule has 2 rings (SSSR count). The lowest BCUT2D eigenvalue weighted by atomic mass is 9.93. The van der Waals surface area contributed by atoms with E-state index in [9.17, 15) is 4.79 Å². The maximum Gasteiger partial charge on any atom is 0.240 e. The minimum absolute atomic E-state index is 0.0296. The number of nitrogens with one attached hydrogen (secondary N) is 1. The van der Waals surface area contributed by atoms with E-state index in [0.717, 1.165) is 25.9 Å². The van der Waals surface area contributed by atoms with Gasteiger partial charge in [0.25, 0.3) is 0 Å². The molecule has 1 aliphatic carbocycles. The molecule has 1 aliphatic heterocycles. The zero-order valence-corrected chi connectivity index (χ0v) is 9.51. The van der Waals surface area contributed by atoms with Gasteiger partial charge in [-0.1, -0.05) is 0 Å². The lowest BCUT2D eigenvalue weighted by molar-refractivity contribution is -0.128. The van der Waals surface area contributed by atoms with Gasteiger partial charge in [0.05, 0.1) is 17.7 Å². The first-order chi connectivity index (χ1) is 6.94. The molecule has 0 bridgehead atoms. The van der Waals surface area contributed by atoms with Gasteiger partial charge in [0.15, 0.2) is 0 Å². The summed E-state index contributed by atoms with van der Waals surface area (Å²) >= 11 is 0. The van der Waals surface area contributed by atoms with Crippen LogP contribution in [0, 0.1) is 5.92 Å². The molecule has 1 saturated carbocycles. The van der Waals surface area contributed by atoms with E-state index in [4.69, 9.17) is 10.5 Å². The molecule has 0 spiro atoms. The molecular formula is C11H20N2O2. The second kappa shape index (κ2) is 3.46. The Bertz CT molecular complexity index is 266. The summed E-state index contributed by atoms with van der Waals surface area (Å²) in [6.45, 7) is 5.17. The zero-order chi connectivity index (χ0) is 11.1. The molecule has 4 nitrogen and oxygen atoms in total. The summed E-state index contributed by atoms with van der Waals surface area (Å²) in [6.07, 6.45) is 3.03. The van der Waals surface area contributed by atoms with E-state index in [1.807, 2.05) is 13.8 Å². The highest BCUT2D eigenvalue weighted by Gasteiger charge is 2.46. The average Bonchev–Trinajstić information content (AvgIpc) is 2.91. The smallest absolute Gasteiger partial charge is 0.240 e. The molecule has 4 heteroatoms. The maximum atomic E-state index is 12.0. The minimum atomic E-state index is -0.703. The third-order valence-corrected chi connectivity index (χ3v) is 3.55. The van der Waals surface area contributed by atoms with E-state index in [2.05, 4.69) is 5.32 Å². The lowest BCUT2D eigenvalue weighted by Crippen LogP contribution is -2.59. The van der Waals surface area contributed by atoms with Gasteiger partial charge in [-0.05, 0) is 39.0 Å². The number of ether oxygens (including phenoxy) is 1. The van der Waals surface area contributed by atoms with E-state index in [0.29, 0.717) is 12.5 Å². The molecule has 86 valence electrons. The SMILES string of the molecule is CC1(NC(=O)C(C)(N)C2CC2)CCOC1. The molecule has 1 heterocycles. The Kier molecular flexibility index (Phi) is 2.51. The van der Waals surface area contributed by atoms with Crippen LogP contribution >= 0.6 is 0 Å². The summed E-state index contributed by atoms with van der Waals surface area (Å²) in [5, 5.41) is 3.03. The summed E-state index contributed by atoms with van der Waals surface area (Å²) in [5.74, 6) is 0.335. The second-order valence-electron chi connectivity index (χ2n) is 5.37. The molecular weight excluding hydrogens is 192 g/mol. The number of hydrogen-bond donors (Lipinski definition) is 2. The van der Waals surface area contributed by atoms with Crippen molar-refractivity contribution in [3.8, 4) is 0 Å². The third-order valence-electron chi connectivity index (χ3n) is 3.55. The lowest BCUT2D eigenvalue weighted by Gasteiger charge is -2.30. The Hall–Kier alpha value is -0.610. The Balaban J connectivity index is 1.96. The number of hydrogen-bond acceptors (Lipinski definition) is 3. The number of amides is 1. The van der Waals surface area contributed by atoms with Crippen LogP contribution in [-0.4, -0.2) is 30.2 Å². The topological polar surface area (TPSA) is 64.4 Å². The molecule has 2 unspecified atom stereocenters. The van der Waals surface area contributed by atoms with Gasteiger partial charge in [-0.25, -0.2) is 0 Å². The molecule has 2 aliphatic rings. The number of carbonyl (C=O) groups excluding carboxylic acids is 1. The van der Waals surface area contributed by atoms with Crippen molar-refractivity contribution in [2.45, 2.75) is 44.2 Å². The summed E-state index contributed by atoms with van der Waals surface area (Å²) in [4.78, 5) is 12.0. The van der Waals surface area contributed by atoms with Crippen LogP contribution in [0.3, 0.4) is 0 Å². The first-order valence-electron chi connectivity index (χ1n) is 5.63. The first-order valence-corrected chi connectivity index (χ1v) is 5.63. The van der Waals surface area contributed by atoms with Crippen LogP contribution in [0.5, 0.6) is 0 Å². The normalized spacial score (nSPS) is 34.9. The predicted octanol–water partition coefficient (Wildman–Crippen LogP) is 0.409. The molecule has 1 saturated heterocycles. The fourth-order valence-electron chi connectivity index (χ4n) is 2.04. The monoisotopic (exact) mass is 212 g/mol. The average molecular weight is 212 g/mol. The molecule has 2 atom stereocenters. The van der Waals surface area contributed by atoms with Gasteiger partial charge < -0.3 is 15.8 Å². The van der Waals surface area contributed by atoms with Crippen molar-refractivity contribution in [1.29, 1.82) is 0 Å². The van der Waals surface area contributed by atoms with Crippen LogP contribution in [0.2, 0.25) is 0 Å². The van der Waals surface area contributed by atoms with Crippen molar-refractivity contribution < 1.29 is 9.53 Å². The van der Waals surface area contributed by atoms with E-state index < -0.39 is 5.54 Å². The van der Waals surface area contributed by atoms with Gasteiger partial charge in [0, 0.05) is 6.61 Å². The van der Waals surface area contributed by atoms with Gasteiger partial charge in [-0.2, -0.15) is 0 Å². The molecule has 0 aromatic rings. The van der Waals surface area contributed by atoms with E-state index >= 15 is 0 Å². The van der Waals surface area contributed by atoms with Crippen LogP contribution in [0.4, 0.5) is 0 Å². The van der Waals surface area contributed by atoms with Gasteiger partial charge in [-0.15, -0.1) is 0 Å². The fourth-order valence-corrected chi connectivity index (χ4v) is 2.04. The number of rotatable bonds is 3. The molecule has 0 aromatic carbocycles. The van der Waals surface area contributed by atoms with Gasteiger partial charge in [0.2, 0.25) is 5.91 Å². The Morgan fingerprint density at radius 3 is 2.73 bits per heavy atom. The van der Waals surface area contributed by atoms with E-state index in [1.54, 1.807) is 0 Å². The van der Waals surface area contributed by atoms with Crippen LogP contribution in [0.25, 0.3) is 0 Å². The van der Waals surface area contributed by atoms with Crippen molar-refractivity contribution in [2.24, 2.45) is 11.7 Å². The minimum Gasteiger partial charge on any atom is -0.379 e. The van der Waals surface area contributed by atoms with Crippen molar-refractivity contribution >= 4 is 5.91 Å². The molecule has 1 amide bonds. The van der Waals surface area contributed by atoms with Gasteiger partial charge >= 0.3 is 0 Å². The zero-order valence-electron chi connectivity index (χ0n) is 9.51. The second-order valence-corrected chi connectivity index (χ2v) is 5.37. The Morgan fingerprint density at radius 2 is 2.27 bits per heavy atom. The van der Waals surface area contributed by atoms with Gasteiger partial charge in [-0.3, -0.25) is 4.79 Å². The highest BCUT2D eigenvalue weighted by atomic mass is 16.5. The quantitative estimate of drug-likeness (QED) is 0.712. The summed E-state index contributed by atoms with van der Waals surface area (Å²) in [7, 11) is 0.